The first-order valence-electron chi connectivity index (χ1n) is 5.83. The Morgan fingerprint density at radius 3 is 2.28 bits per heavy atom. The molecule has 0 fully saturated rings. The molecule has 0 bridgehead atoms. The van der Waals surface area contributed by atoms with Crippen molar-refractivity contribution in [1.82, 2.24) is 9.55 Å². The molecule has 1 N–H and O–H groups in total. The lowest BCUT2D eigenvalue weighted by molar-refractivity contribution is 0.207. The highest BCUT2D eigenvalue weighted by atomic mass is 16.2. The first kappa shape index (κ1) is 14.2. The van der Waals surface area contributed by atoms with Gasteiger partial charge in [-0.3, -0.25) is 14.3 Å². The summed E-state index contributed by atoms with van der Waals surface area (Å²) in [5.74, 6) is 0. The number of H-pyrrole nitrogens is 1. The van der Waals surface area contributed by atoms with Crippen LogP contribution in [0.1, 0.15) is 46.6 Å². The maximum absolute atomic E-state index is 11.8. The fourth-order valence-corrected chi connectivity index (χ4v) is 2.38. The second kappa shape index (κ2) is 4.45. The zero-order valence-corrected chi connectivity index (χ0v) is 11.5. The Morgan fingerprint density at radius 1 is 1.28 bits per heavy atom. The minimum Gasteiger partial charge on any atom is -0.294 e. The van der Waals surface area contributed by atoms with Gasteiger partial charge < -0.3 is 0 Å². The highest BCUT2D eigenvalue weighted by Gasteiger charge is 2.28. The molecule has 0 unspecified atom stereocenters. The fraction of sp³-hybridized carbons (Fsp3) is 0.615. The maximum Gasteiger partial charge on any atom is 0.328 e. The number of aromatic nitrogens is 2. The lowest BCUT2D eigenvalue weighted by atomic mass is 9.81. The first-order chi connectivity index (χ1) is 8.07. The summed E-state index contributed by atoms with van der Waals surface area (Å²) in [5, 5.41) is 8.85. The summed E-state index contributed by atoms with van der Waals surface area (Å²) in [4.78, 5) is 25.4. The summed E-state index contributed by atoms with van der Waals surface area (Å²) in [6.07, 6.45) is 2.09. The Morgan fingerprint density at radius 2 is 1.83 bits per heavy atom. The SMILES string of the molecule is CC(C)(C)CC(C)(C)n1cc(C#N)c(=O)[nH]c1=O. The van der Waals surface area contributed by atoms with Crippen LogP contribution in [-0.4, -0.2) is 9.55 Å². The van der Waals surface area contributed by atoms with E-state index >= 15 is 0 Å². The monoisotopic (exact) mass is 249 g/mol. The van der Waals surface area contributed by atoms with Gasteiger partial charge in [0.15, 0.2) is 0 Å². The fourth-order valence-electron chi connectivity index (χ4n) is 2.38. The van der Waals surface area contributed by atoms with Gasteiger partial charge in [-0.15, -0.1) is 0 Å². The van der Waals surface area contributed by atoms with Gasteiger partial charge in [-0.05, 0) is 25.7 Å². The van der Waals surface area contributed by atoms with Crippen LogP contribution in [0.15, 0.2) is 15.8 Å². The number of aromatic amines is 1. The zero-order valence-electron chi connectivity index (χ0n) is 11.5. The van der Waals surface area contributed by atoms with E-state index < -0.39 is 16.8 Å². The molecule has 0 radical (unpaired) electrons. The molecule has 0 atom stereocenters. The van der Waals surface area contributed by atoms with Crippen molar-refractivity contribution in [2.45, 2.75) is 46.6 Å². The van der Waals surface area contributed by atoms with Crippen molar-refractivity contribution in [3.8, 4) is 6.07 Å². The van der Waals surface area contributed by atoms with Crippen LogP contribution < -0.4 is 11.2 Å². The van der Waals surface area contributed by atoms with Crippen molar-refractivity contribution in [1.29, 1.82) is 5.26 Å². The predicted octanol–water partition coefficient (Wildman–Crippen LogP) is 1.58. The smallest absolute Gasteiger partial charge is 0.294 e. The third-order valence-electron chi connectivity index (χ3n) is 2.68. The van der Waals surface area contributed by atoms with Crippen LogP contribution in [-0.2, 0) is 5.54 Å². The number of nitriles is 1. The molecule has 18 heavy (non-hydrogen) atoms. The van der Waals surface area contributed by atoms with Crippen molar-refractivity contribution in [2.75, 3.05) is 0 Å². The van der Waals surface area contributed by atoms with Crippen molar-refractivity contribution in [3.63, 3.8) is 0 Å². The lowest BCUT2D eigenvalue weighted by Crippen LogP contribution is -2.42. The molecule has 5 heteroatoms. The van der Waals surface area contributed by atoms with Gasteiger partial charge in [-0.2, -0.15) is 5.26 Å². The molecule has 0 saturated carbocycles. The van der Waals surface area contributed by atoms with Crippen molar-refractivity contribution in [3.05, 3.63) is 32.6 Å². The molecule has 0 aliphatic carbocycles. The van der Waals surface area contributed by atoms with Gasteiger partial charge in [0.2, 0.25) is 0 Å². The highest BCUT2D eigenvalue weighted by molar-refractivity contribution is 5.22. The Kier molecular flexibility index (Phi) is 3.52. The second-order valence-electron chi connectivity index (χ2n) is 6.33. The van der Waals surface area contributed by atoms with Gasteiger partial charge in [-0.1, -0.05) is 20.8 Å². The summed E-state index contributed by atoms with van der Waals surface area (Å²) in [6, 6.07) is 1.79. The standard InChI is InChI=1S/C13H19N3O2/c1-12(2,3)8-13(4,5)16-7-9(6-14)10(17)15-11(16)18/h7H,8H2,1-5H3,(H,15,17,18). The third kappa shape index (κ3) is 3.10. The number of nitrogens with zero attached hydrogens (tertiary/aromatic N) is 2. The van der Waals surface area contributed by atoms with E-state index in [0.29, 0.717) is 0 Å². The number of hydrogen-bond acceptors (Lipinski definition) is 3. The number of nitrogens with one attached hydrogen (secondary N) is 1. The van der Waals surface area contributed by atoms with Crippen LogP contribution in [0.4, 0.5) is 0 Å². The van der Waals surface area contributed by atoms with Gasteiger partial charge in [-0.25, -0.2) is 4.79 Å². The van der Waals surface area contributed by atoms with Gasteiger partial charge in [0.1, 0.15) is 11.6 Å². The van der Waals surface area contributed by atoms with Gasteiger partial charge in [0, 0.05) is 11.7 Å². The van der Waals surface area contributed by atoms with E-state index in [4.69, 9.17) is 5.26 Å². The Bertz CT molecular complexity index is 594. The number of rotatable bonds is 2. The van der Waals surface area contributed by atoms with Crippen molar-refractivity contribution >= 4 is 0 Å². The molecule has 98 valence electrons. The molecule has 0 aliphatic rings. The largest absolute Gasteiger partial charge is 0.328 e. The average molecular weight is 249 g/mol. The summed E-state index contributed by atoms with van der Waals surface area (Å²) < 4.78 is 1.43. The molecule has 0 aromatic carbocycles. The van der Waals surface area contributed by atoms with Crippen molar-refractivity contribution < 1.29 is 0 Å². The van der Waals surface area contributed by atoms with E-state index in [1.54, 1.807) is 6.07 Å². The summed E-state index contributed by atoms with van der Waals surface area (Å²) in [5.41, 5.74) is -1.59. The third-order valence-corrected chi connectivity index (χ3v) is 2.68. The van der Waals surface area contributed by atoms with E-state index in [0.717, 1.165) is 6.42 Å². The van der Waals surface area contributed by atoms with Crippen LogP contribution in [0.3, 0.4) is 0 Å². The normalized spacial score (nSPS) is 12.2. The summed E-state index contributed by atoms with van der Waals surface area (Å²) >= 11 is 0. The van der Waals surface area contributed by atoms with Crippen LogP contribution in [0, 0.1) is 16.7 Å². The quantitative estimate of drug-likeness (QED) is 0.864. The van der Waals surface area contributed by atoms with Crippen LogP contribution in [0.25, 0.3) is 0 Å². The molecule has 0 spiro atoms. The molecule has 0 saturated heterocycles. The topological polar surface area (TPSA) is 78.7 Å². The Hall–Kier alpha value is -1.83. The van der Waals surface area contributed by atoms with Gasteiger partial charge in [0.25, 0.3) is 5.56 Å². The molecule has 0 amide bonds. The van der Waals surface area contributed by atoms with E-state index in [9.17, 15) is 9.59 Å². The molecular formula is C13H19N3O2. The maximum atomic E-state index is 11.8. The average Bonchev–Trinajstić information content (AvgIpc) is 2.13. The first-order valence-corrected chi connectivity index (χ1v) is 5.83. The van der Waals surface area contributed by atoms with E-state index in [1.807, 2.05) is 13.8 Å². The Labute approximate surface area is 106 Å². The van der Waals surface area contributed by atoms with Crippen LogP contribution in [0.2, 0.25) is 0 Å². The van der Waals surface area contributed by atoms with Gasteiger partial charge >= 0.3 is 5.69 Å². The van der Waals surface area contributed by atoms with E-state index in [-0.39, 0.29) is 11.0 Å². The van der Waals surface area contributed by atoms with Crippen LogP contribution >= 0.6 is 0 Å². The highest BCUT2D eigenvalue weighted by Crippen LogP contribution is 2.30. The van der Waals surface area contributed by atoms with Crippen molar-refractivity contribution in [2.24, 2.45) is 5.41 Å². The zero-order chi connectivity index (χ0) is 14.1. The molecule has 1 heterocycles. The summed E-state index contributed by atoms with van der Waals surface area (Å²) in [7, 11) is 0. The van der Waals surface area contributed by atoms with Gasteiger partial charge in [0.05, 0.1) is 0 Å². The lowest BCUT2D eigenvalue weighted by Gasteiger charge is -2.33. The molecule has 1 aromatic rings. The molecule has 0 aliphatic heterocycles. The predicted molar refractivity (Wildman–Crippen MR) is 69.4 cm³/mol. The molecule has 1 rings (SSSR count). The molecular weight excluding hydrogens is 230 g/mol. The number of hydrogen-bond donors (Lipinski definition) is 1. The Balaban J connectivity index is 3.38. The second-order valence-corrected chi connectivity index (χ2v) is 6.33. The summed E-state index contributed by atoms with van der Waals surface area (Å²) in [6.45, 7) is 10.1. The molecule has 1 aromatic heterocycles. The minimum absolute atomic E-state index is 0.0336. The van der Waals surface area contributed by atoms with Crippen LogP contribution in [0.5, 0.6) is 0 Å². The van der Waals surface area contributed by atoms with E-state index in [2.05, 4.69) is 25.8 Å². The minimum atomic E-state index is -0.634. The molecule has 5 nitrogen and oxygen atoms in total. The van der Waals surface area contributed by atoms with E-state index in [1.165, 1.54) is 10.8 Å².